The average molecular weight is 199 g/mol. The molecule has 2 rings (SSSR count). The van der Waals surface area contributed by atoms with Crippen LogP contribution in [0.3, 0.4) is 0 Å². The van der Waals surface area contributed by atoms with Crippen LogP contribution in [0.1, 0.15) is 19.8 Å². The lowest BCUT2D eigenvalue weighted by Crippen LogP contribution is -2.50. The Balaban J connectivity index is 2.01. The number of hydrogen-bond acceptors (Lipinski definition) is 4. The van der Waals surface area contributed by atoms with Crippen LogP contribution in [0.25, 0.3) is 0 Å². The van der Waals surface area contributed by atoms with E-state index in [4.69, 9.17) is 9.47 Å². The standard InChI is InChI=1S/C10H17NO3/c1-7-4-10(14-7)5-8(9(12)13-3)11(2)6-10/h7-8H,4-6H2,1-3H3. The maximum Gasteiger partial charge on any atom is 0.323 e. The molecule has 3 unspecified atom stereocenters. The van der Waals surface area contributed by atoms with Gasteiger partial charge in [0.05, 0.1) is 18.8 Å². The molecule has 80 valence electrons. The van der Waals surface area contributed by atoms with Crippen molar-refractivity contribution in [3.05, 3.63) is 0 Å². The van der Waals surface area contributed by atoms with Crippen molar-refractivity contribution in [2.24, 2.45) is 0 Å². The second-order valence-electron chi connectivity index (χ2n) is 4.47. The maximum atomic E-state index is 11.4. The van der Waals surface area contributed by atoms with E-state index in [0.717, 1.165) is 19.4 Å². The van der Waals surface area contributed by atoms with Crippen molar-refractivity contribution in [1.82, 2.24) is 4.90 Å². The normalized spacial score (nSPS) is 42.5. The Hall–Kier alpha value is -0.610. The number of carbonyl (C=O) groups excluding carboxylic acids is 1. The molecule has 3 atom stereocenters. The van der Waals surface area contributed by atoms with E-state index in [0.29, 0.717) is 6.10 Å². The Morgan fingerprint density at radius 2 is 2.21 bits per heavy atom. The van der Waals surface area contributed by atoms with Gasteiger partial charge in [-0.1, -0.05) is 0 Å². The number of methoxy groups -OCH3 is 1. The van der Waals surface area contributed by atoms with Gasteiger partial charge in [0.1, 0.15) is 6.04 Å². The highest BCUT2D eigenvalue weighted by molar-refractivity contribution is 5.76. The quantitative estimate of drug-likeness (QED) is 0.573. The van der Waals surface area contributed by atoms with E-state index in [2.05, 4.69) is 6.92 Å². The van der Waals surface area contributed by atoms with Crippen molar-refractivity contribution in [2.45, 2.75) is 37.5 Å². The number of nitrogens with zero attached hydrogens (tertiary/aromatic N) is 1. The summed E-state index contributed by atoms with van der Waals surface area (Å²) in [6, 6.07) is -0.118. The minimum absolute atomic E-state index is 0.0625. The molecule has 0 amide bonds. The maximum absolute atomic E-state index is 11.4. The summed E-state index contributed by atoms with van der Waals surface area (Å²) in [5.41, 5.74) is -0.0625. The second-order valence-corrected chi connectivity index (χ2v) is 4.47. The fraction of sp³-hybridized carbons (Fsp3) is 0.900. The topological polar surface area (TPSA) is 38.8 Å². The highest BCUT2D eigenvalue weighted by atomic mass is 16.5. The van der Waals surface area contributed by atoms with E-state index in [-0.39, 0.29) is 17.6 Å². The largest absolute Gasteiger partial charge is 0.468 e. The molecule has 4 heteroatoms. The summed E-state index contributed by atoms with van der Waals surface area (Å²) in [6.07, 6.45) is 2.19. The third kappa shape index (κ3) is 1.42. The van der Waals surface area contributed by atoms with Gasteiger partial charge in [0.2, 0.25) is 0 Å². The first-order valence-corrected chi connectivity index (χ1v) is 5.02. The fourth-order valence-electron chi connectivity index (χ4n) is 2.71. The molecule has 0 aromatic heterocycles. The second kappa shape index (κ2) is 3.21. The zero-order valence-corrected chi connectivity index (χ0v) is 8.95. The summed E-state index contributed by atoms with van der Waals surface area (Å²) >= 11 is 0. The summed E-state index contributed by atoms with van der Waals surface area (Å²) in [7, 11) is 3.38. The van der Waals surface area contributed by atoms with E-state index in [1.54, 1.807) is 0 Å². The first-order valence-electron chi connectivity index (χ1n) is 5.02. The van der Waals surface area contributed by atoms with Crippen LogP contribution in [-0.2, 0) is 14.3 Å². The summed E-state index contributed by atoms with van der Waals surface area (Å²) in [4.78, 5) is 13.4. The molecule has 0 N–H and O–H groups in total. The van der Waals surface area contributed by atoms with Crippen molar-refractivity contribution >= 4 is 5.97 Å². The van der Waals surface area contributed by atoms with Crippen LogP contribution in [-0.4, -0.2) is 49.3 Å². The van der Waals surface area contributed by atoms with Crippen LogP contribution in [0.5, 0.6) is 0 Å². The predicted octanol–water partition coefficient (Wildman–Crippen LogP) is 0.411. The summed E-state index contributed by atoms with van der Waals surface area (Å²) in [6.45, 7) is 2.91. The molecule has 2 heterocycles. The SMILES string of the molecule is COC(=O)C1CC2(CC(C)O2)CN1C. The molecule has 2 aliphatic heterocycles. The average Bonchev–Trinajstić information content (AvgIpc) is 2.41. The molecular formula is C10H17NO3. The monoisotopic (exact) mass is 199 g/mol. The van der Waals surface area contributed by atoms with E-state index >= 15 is 0 Å². The molecule has 0 radical (unpaired) electrons. The summed E-state index contributed by atoms with van der Waals surface area (Å²) < 4.78 is 10.5. The summed E-state index contributed by atoms with van der Waals surface area (Å²) in [5.74, 6) is -0.146. The molecule has 0 bridgehead atoms. The smallest absolute Gasteiger partial charge is 0.323 e. The molecular weight excluding hydrogens is 182 g/mol. The van der Waals surface area contributed by atoms with E-state index in [1.807, 2.05) is 11.9 Å². The van der Waals surface area contributed by atoms with Gasteiger partial charge in [0.25, 0.3) is 0 Å². The first-order chi connectivity index (χ1) is 6.56. The van der Waals surface area contributed by atoms with E-state index in [1.165, 1.54) is 7.11 Å². The van der Waals surface area contributed by atoms with Crippen LogP contribution in [0.15, 0.2) is 0 Å². The van der Waals surface area contributed by atoms with Gasteiger partial charge in [-0.15, -0.1) is 0 Å². The predicted molar refractivity (Wildman–Crippen MR) is 50.9 cm³/mol. The van der Waals surface area contributed by atoms with Gasteiger partial charge < -0.3 is 9.47 Å². The van der Waals surface area contributed by atoms with Crippen molar-refractivity contribution in [2.75, 3.05) is 20.7 Å². The molecule has 2 fully saturated rings. The minimum Gasteiger partial charge on any atom is -0.468 e. The number of hydrogen-bond donors (Lipinski definition) is 0. The number of ether oxygens (including phenoxy) is 2. The molecule has 0 aromatic rings. The van der Waals surface area contributed by atoms with Gasteiger partial charge in [0.15, 0.2) is 0 Å². The Kier molecular flexibility index (Phi) is 2.27. The van der Waals surface area contributed by atoms with E-state index < -0.39 is 0 Å². The lowest BCUT2D eigenvalue weighted by Gasteiger charge is -2.43. The van der Waals surface area contributed by atoms with Crippen LogP contribution in [0.2, 0.25) is 0 Å². The van der Waals surface area contributed by atoms with Crippen LogP contribution in [0, 0.1) is 0 Å². The molecule has 2 aliphatic rings. The number of likely N-dealkylation sites (tertiary alicyclic amines) is 1. The Morgan fingerprint density at radius 1 is 1.57 bits per heavy atom. The van der Waals surface area contributed by atoms with Crippen molar-refractivity contribution in [1.29, 1.82) is 0 Å². The number of carbonyl (C=O) groups is 1. The molecule has 1 spiro atoms. The van der Waals surface area contributed by atoms with Gasteiger partial charge >= 0.3 is 5.97 Å². The highest BCUT2D eigenvalue weighted by Gasteiger charge is 2.53. The van der Waals surface area contributed by atoms with Crippen LogP contribution < -0.4 is 0 Å². The molecule has 4 nitrogen and oxygen atoms in total. The third-order valence-electron chi connectivity index (χ3n) is 3.22. The highest BCUT2D eigenvalue weighted by Crippen LogP contribution is 2.42. The fourth-order valence-corrected chi connectivity index (χ4v) is 2.71. The van der Waals surface area contributed by atoms with Crippen molar-refractivity contribution in [3.63, 3.8) is 0 Å². The number of likely N-dealkylation sites (N-methyl/N-ethyl adjacent to an activating group) is 1. The lowest BCUT2D eigenvalue weighted by molar-refractivity contribution is -0.189. The molecule has 2 saturated heterocycles. The molecule has 0 aromatic carbocycles. The van der Waals surface area contributed by atoms with Crippen molar-refractivity contribution < 1.29 is 14.3 Å². The van der Waals surface area contributed by atoms with E-state index in [9.17, 15) is 4.79 Å². The van der Waals surface area contributed by atoms with Crippen LogP contribution >= 0.6 is 0 Å². The first kappa shape index (κ1) is 9.93. The minimum atomic E-state index is -0.146. The number of esters is 1. The molecule has 0 aliphatic carbocycles. The van der Waals surface area contributed by atoms with Gasteiger partial charge in [-0.25, -0.2) is 0 Å². The lowest BCUT2D eigenvalue weighted by atomic mass is 9.87. The van der Waals surface area contributed by atoms with Gasteiger partial charge in [-0.3, -0.25) is 9.69 Å². The number of rotatable bonds is 1. The van der Waals surface area contributed by atoms with Gasteiger partial charge in [-0.05, 0) is 14.0 Å². The van der Waals surface area contributed by atoms with Gasteiger partial charge in [0, 0.05) is 19.4 Å². The van der Waals surface area contributed by atoms with Gasteiger partial charge in [-0.2, -0.15) is 0 Å². The van der Waals surface area contributed by atoms with Crippen LogP contribution in [0.4, 0.5) is 0 Å². The molecule has 0 saturated carbocycles. The third-order valence-corrected chi connectivity index (χ3v) is 3.22. The Labute approximate surface area is 84.2 Å². The zero-order valence-electron chi connectivity index (χ0n) is 8.95. The Bertz CT molecular complexity index is 248. The summed E-state index contributed by atoms with van der Waals surface area (Å²) in [5, 5.41) is 0. The Morgan fingerprint density at radius 3 is 2.71 bits per heavy atom. The van der Waals surface area contributed by atoms with Crippen molar-refractivity contribution in [3.8, 4) is 0 Å². The molecule has 14 heavy (non-hydrogen) atoms. The zero-order chi connectivity index (χ0) is 10.3.